The molecule has 2 unspecified atom stereocenters. The van der Waals surface area contributed by atoms with Gasteiger partial charge in [0.15, 0.2) is 0 Å². The van der Waals surface area contributed by atoms with Gasteiger partial charge >= 0.3 is 0 Å². The van der Waals surface area contributed by atoms with Crippen LogP contribution in [0.15, 0.2) is 24.3 Å². The molecule has 1 aromatic carbocycles. The van der Waals surface area contributed by atoms with Crippen LogP contribution in [-0.2, 0) is 0 Å². The number of aliphatic hydroxyl groups is 1. The van der Waals surface area contributed by atoms with Gasteiger partial charge in [0.2, 0.25) is 0 Å². The summed E-state index contributed by atoms with van der Waals surface area (Å²) >= 11 is 0. The highest BCUT2D eigenvalue weighted by Gasteiger charge is 2.20. The molecule has 2 nitrogen and oxygen atoms in total. The average molecular weight is 235 g/mol. The summed E-state index contributed by atoms with van der Waals surface area (Å²) in [6.07, 6.45) is 1.54. The van der Waals surface area contributed by atoms with Crippen LogP contribution in [0.25, 0.3) is 0 Å². The molecule has 1 aromatic rings. The second-order valence-electron chi connectivity index (χ2n) is 5.24. The van der Waals surface area contributed by atoms with E-state index in [0.29, 0.717) is 12.5 Å². The maximum atomic E-state index is 10.3. The Morgan fingerprint density at radius 3 is 2.35 bits per heavy atom. The van der Waals surface area contributed by atoms with Crippen molar-refractivity contribution in [2.24, 2.45) is 11.7 Å². The maximum absolute atomic E-state index is 10.3. The van der Waals surface area contributed by atoms with Crippen molar-refractivity contribution >= 4 is 0 Å². The molecule has 0 amide bonds. The molecule has 0 aliphatic rings. The monoisotopic (exact) mass is 235 g/mol. The third-order valence-corrected chi connectivity index (χ3v) is 3.35. The average Bonchev–Trinajstić information content (AvgIpc) is 2.30. The summed E-state index contributed by atoms with van der Waals surface area (Å²) in [4.78, 5) is 0. The molecule has 0 aliphatic carbocycles. The molecular formula is C15H25NO. The van der Waals surface area contributed by atoms with Crippen molar-refractivity contribution < 1.29 is 5.11 Å². The van der Waals surface area contributed by atoms with Crippen LogP contribution in [0.4, 0.5) is 0 Å². The van der Waals surface area contributed by atoms with Crippen LogP contribution < -0.4 is 5.73 Å². The molecule has 0 fully saturated rings. The zero-order chi connectivity index (χ0) is 12.8. The highest BCUT2D eigenvalue weighted by atomic mass is 16.3. The summed E-state index contributed by atoms with van der Waals surface area (Å²) in [5.41, 5.74) is 8.22. The number of hydrogen-bond acceptors (Lipinski definition) is 2. The van der Waals surface area contributed by atoms with Gasteiger partial charge < -0.3 is 10.8 Å². The van der Waals surface area contributed by atoms with Crippen molar-refractivity contribution in [3.63, 3.8) is 0 Å². The lowest BCUT2D eigenvalue weighted by Crippen LogP contribution is -2.26. The molecule has 0 saturated heterocycles. The number of rotatable bonds is 6. The van der Waals surface area contributed by atoms with Crippen LogP contribution in [0.3, 0.4) is 0 Å². The second-order valence-corrected chi connectivity index (χ2v) is 5.24. The van der Waals surface area contributed by atoms with Crippen molar-refractivity contribution in [2.45, 2.75) is 45.6 Å². The number of aryl methyl sites for hydroxylation is 1. The zero-order valence-corrected chi connectivity index (χ0v) is 11.2. The molecule has 1 rings (SSSR count). The predicted molar refractivity (Wildman–Crippen MR) is 73.1 cm³/mol. The Morgan fingerprint density at radius 1 is 1.18 bits per heavy atom. The molecule has 3 N–H and O–H groups in total. The van der Waals surface area contributed by atoms with Gasteiger partial charge in [-0.3, -0.25) is 0 Å². The van der Waals surface area contributed by atoms with Crippen LogP contribution in [0, 0.1) is 12.8 Å². The van der Waals surface area contributed by atoms with Crippen LogP contribution in [0.2, 0.25) is 0 Å². The van der Waals surface area contributed by atoms with Gasteiger partial charge in [-0.25, -0.2) is 0 Å². The molecule has 0 aliphatic heterocycles. The molecule has 17 heavy (non-hydrogen) atoms. The van der Waals surface area contributed by atoms with E-state index in [9.17, 15) is 5.11 Å². The third kappa shape index (κ3) is 4.14. The van der Waals surface area contributed by atoms with Crippen molar-refractivity contribution in [3.8, 4) is 0 Å². The summed E-state index contributed by atoms with van der Waals surface area (Å²) < 4.78 is 0. The molecule has 2 heteroatoms. The number of benzene rings is 1. The Bertz CT molecular complexity index is 335. The van der Waals surface area contributed by atoms with Gasteiger partial charge in [0, 0.05) is 12.5 Å². The quantitative estimate of drug-likeness (QED) is 0.796. The summed E-state index contributed by atoms with van der Waals surface area (Å²) in [7, 11) is 0. The Hall–Kier alpha value is -0.860. The highest BCUT2D eigenvalue weighted by molar-refractivity contribution is 5.30. The second kappa shape index (κ2) is 6.77. The summed E-state index contributed by atoms with van der Waals surface area (Å²) in [6.45, 7) is 6.94. The van der Waals surface area contributed by atoms with E-state index in [0.717, 1.165) is 12.8 Å². The molecule has 2 atom stereocenters. The topological polar surface area (TPSA) is 46.2 Å². The molecule has 0 radical (unpaired) electrons. The van der Waals surface area contributed by atoms with E-state index in [1.807, 2.05) is 12.1 Å². The van der Waals surface area contributed by atoms with E-state index < -0.39 is 0 Å². The molecule has 96 valence electrons. The van der Waals surface area contributed by atoms with Gasteiger partial charge in [-0.1, -0.05) is 38.1 Å². The fourth-order valence-electron chi connectivity index (χ4n) is 2.20. The zero-order valence-electron chi connectivity index (χ0n) is 11.2. The maximum Gasteiger partial charge on any atom is 0.0621 e. The van der Waals surface area contributed by atoms with E-state index in [1.165, 1.54) is 11.1 Å². The summed E-state index contributed by atoms with van der Waals surface area (Å²) in [5.74, 6) is 0.690. The minimum Gasteiger partial charge on any atom is -0.392 e. The standard InChI is InChI=1S/C15H25NO/c1-11(2)8-9-15(17)14(10-16)13-7-5-4-6-12(13)3/h4-7,11,14-15,17H,8-10,16H2,1-3H3. The summed E-state index contributed by atoms with van der Waals surface area (Å²) in [5, 5.41) is 10.3. The van der Waals surface area contributed by atoms with E-state index >= 15 is 0 Å². The Kier molecular flexibility index (Phi) is 5.66. The Morgan fingerprint density at radius 2 is 1.82 bits per heavy atom. The van der Waals surface area contributed by atoms with E-state index in [-0.39, 0.29) is 12.0 Å². The van der Waals surface area contributed by atoms with Crippen molar-refractivity contribution in [3.05, 3.63) is 35.4 Å². The first-order valence-corrected chi connectivity index (χ1v) is 6.50. The first-order valence-electron chi connectivity index (χ1n) is 6.50. The molecular weight excluding hydrogens is 210 g/mol. The SMILES string of the molecule is Cc1ccccc1C(CN)C(O)CCC(C)C. The number of nitrogens with two attached hydrogens (primary N) is 1. The van der Waals surface area contributed by atoms with Gasteiger partial charge in [0.1, 0.15) is 0 Å². The number of hydrogen-bond donors (Lipinski definition) is 2. The van der Waals surface area contributed by atoms with Gasteiger partial charge in [0.05, 0.1) is 6.10 Å². The van der Waals surface area contributed by atoms with E-state index in [4.69, 9.17) is 5.73 Å². The fourth-order valence-corrected chi connectivity index (χ4v) is 2.20. The largest absolute Gasteiger partial charge is 0.392 e. The first-order chi connectivity index (χ1) is 8.06. The molecule has 0 saturated carbocycles. The third-order valence-electron chi connectivity index (χ3n) is 3.35. The molecule has 0 heterocycles. The molecule has 0 bridgehead atoms. The summed E-state index contributed by atoms with van der Waals surface area (Å²) in [6, 6.07) is 8.19. The number of aliphatic hydroxyl groups excluding tert-OH is 1. The lowest BCUT2D eigenvalue weighted by Gasteiger charge is -2.24. The van der Waals surface area contributed by atoms with Gasteiger partial charge in [-0.15, -0.1) is 0 Å². The normalized spacial score (nSPS) is 14.9. The van der Waals surface area contributed by atoms with Crippen molar-refractivity contribution in [1.29, 1.82) is 0 Å². The minimum atomic E-state index is -0.330. The molecule has 0 spiro atoms. The van der Waals surface area contributed by atoms with Crippen LogP contribution in [-0.4, -0.2) is 17.8 Å². The Labute approximate surface area is 105 Å². The Balaban J connectivity index is 2.74. The van der Waals surface area contributed by atoms with Crippen molar-refractivity contribution in [2.75, 3.05) is 6.54 Å². The van der Waals surface area contributed by atoms with Gasteiger partial charge in [-0.05, 0) is 36.8 Å². The van der Waals surface area contributed by atoms with Crippen LogP contribution in [0.1, 0.15) is 43.7 Å². The van der Waals surface area contributed by atoms with Gasteiger partial charge in [-0.2, -0.15) is 0 Å². The van der Waals surface area contributed by atoms with Crippen molar-refractivity contribution in [1.82, 2.24) is 0 Å². The molecule has 0 aromatic heterocycles. The van der Waals surface area contributed by atoms with E-state index in [1.54, 1.807) is 0 Å². The fraction of sp³-hybridized carbons (Fsp3) is 0.600. The lowest BCUT2D eigenvalue weighted by atomic mass is 9.87. The van der Waals surface area contributed by atoms with E-state index in [2.05, 4.69) is 32.9 Å². The minimum absolute atomic E-state index is 0.0648. The smallest absolute Gasteiger partial charge is 0.0621 e. The first kappa shape index (κ1) is 14.2. The van der Waals surface area contributed by atoms with Gasteiger partial charge in [0.25, 0.3) is 0 Å². The lowest BCUT2D eigenvalue weighted by molar-refractivity contribution is 0.128. The van der Waals surface area contributed by atoms with Crippen LogP contribution in [0.5, 0.6) is 0 Å². The highest BCUT2D eigenvalue weighted by Crippen LogP contribution is 2.25. The van der Waals surface area contributed by atoms with Crippen LogP contribution >= 0.6 is 0 Å². The predicted octanol–water partition coefficient (Wildman–Crippen LogP) is 2.83.